The normalized spacial score (nSPS) is 19.0. The first-order chi connectivity index (χ1) is 10.3. The van der Waals surface area contributed by atoms with Crippen LogP contribution in [0.15, 0.2) is 48.5 Å². The van der Waals surface area contributed by atoms with Crippen LogP contribution in [0.1, 0.15) is 35.8 Å². The topological polar surface area (TPSA) is 21.3 Å². The Balaban J connectivity index is 1.99. The molecule has 21 heavy (non-hydrogen) atoms. The number of nitrogens with one attached hydrogen (secondary N) is 1. The van der Waals surface area contributed by atoms with Crippen molar-refractivity contribution in [3.05, 3.63) is 71.0 Å². The molecule has 2 aromatic rings. The molecule has 110 valence electrons. The van der Waals surface area contributed by atoms with Gasteiger partial charge in [-0.15, -0.1) is 0 Å². The first-order valence-electron chi connectivity index (χ1n) is 7.48. The van der Waals surface area contributed by atoms with Gasteiger partial charge in [0, 0.05) is 0 Å². The van der Waals surface area contributed by atoms with Gasteiger partial charge in [0.25, 0.3) is 0 Å². The summed E-state index contributed by atoms with van der Waals surface area (Å²) in [5.74, 6) is -0.209. The van der Waals surface area contributed by atoms with Crippen molar-refractivity contribution in [1.29, 1.82) is 0 Å². The molecule has 0 spiro atoms. The summed E-state index contributed by atoms with van der Waals surface area (Å²) in [6, 6.07) is 15.1. The summed E-state index contributed by atoms with van der Waals surface area (Å²) in [5, 5.41) is 3.45. The van der Waals surface area contributed by atoms with Crippen molar-refractivity contribution < 1.29 is 9.13 Å². The van der Waals surface area contributed by atoms with Crippen molar-refractivity contribution in [2.45, 2.75) is 25.5 Å². The Morgan fingerprint density at radius 1 is 1.24 bits per heavy atom. The second-order valence-corrected chi connectivity index (χ2v) is 5.33. The van der Waals surface area contributed by atoms with Crippen LogP contribution in [0.4, 0.5) is 4.39 Å². The Hall–Kier alpha value is -1.71. The molecule has 3 rings (SSSR count). The van der Waals surface area contributed by atoms with E-state index in [1.165, 1.54) is 17.2 Å². The highest BCUT2D eigenvalue weighted by Crippen LogP contribution is 2.37. The number of hydrogen-bond donors (Lipinski definition) is 1. The molecule has 1 aliphatic rings. The van der Waals surface area contributed by atoms with Gasteiger partial charge in [0.2, 0.25) is 0 Å². The maximum Gasteiger partial charge on any atom is 0.123 e. The number of benzene rings is 2. The minimum atomic E-state index is -0.209. The molecule has 1 N–H and O–H groups in total. The fourth-order valence-corrected chi connectivity index (χ4v) is 3.02. The van der Waals surface area contributed by atoms with Crippen LogP contribution in [0, 0.1) is 5.82 Å². The molecular weight excluding hydrogens is 265 g/mol. The molecule has 2 nitrogen and oxygen atoms in total. The van der Waals surface area contributed by atoms with Gasteiger partial charge in [-0.1, -0.05) is 43.3 Å². The Labute approximate surface area is 125 Å². The Bertz CT molecular complexity index is 614. The molecule has 3 heteroatoms. The van der Waals surface area contributed by atoms with Gasteiger partial charge < -0.3 is 10.1 Å². The molecule has 0 fully saturated rings. The number of likely N-dealkylation sites (N-methyl/N-ethyl adjacent to an activating group) is 1. The third-order valence-corrected chi connectivity index (χ3v) is 3.97. The SMILES string of the molecule is CCNC(c1cccc(F)c1)C1OCCc2ccccc21. The van der Waals surface area contributed by atoms with E-state index < -0.39 is 0 Å². The maximum absolute atomic E-state index is 13.6. The first kappa shape index (κ1) is 14.2. The molecule has 0 aromatic heterocycles. The van der Waals surface area contributed by atoms with Crippen LogP contribution >= 0.6 is 0 Å². The molecule has 2 atom stereocenters. The molecule has 0 aliphatic carbocycles. The quantitative estimate of drug-likeness (QED) is 0.923. The fourth-order valence-electron chi connectivity index (χ4n) is 3.02. The molecule has 0 saturated heterocycles. The third kappa shape index (κ3) is 2.99. The summed E-state index contributed by atoms with van der Waals surface area (Å²) in [4.78, 5) is 0. The largest absolute Gasteiger partial charge is 0.371 e. The average Bonchev–Trinajstić information content (AvgIpc) is 2.52. The molecule has 0 amide bonds. The standard InChI is InChI=1S/C18H20FNO/c1-2-20-17(14-7-5-8-15(19)12-14)18-16-9-4-3-6-13(16)10-11-21-18/h3-9,12,17-18,20H,2,10-11H2,1H3. The van der Waals surface area contributed by atoms with Crippen molar-refractivity contribution in [2.75, 3.05) is 13.2 Å². The summed E-state index contributed by atoms with van der Waals surface area (Å²) in [5.41, 5.74) is 3.46. The van der Waals surface area contributed by atoms with E-state index in [-0.39, 0.29) is 18.0 Å². The smallest absolute Gasteiger partial charge is 0.123 e. The van der Waals surface area contributed by atoms with Crippen molar-refractivity contribution in [3.8, 4) is 0 Å². The highest BCUT2D eigenvalue weighted by Gasteiger charge is 2.29. The van der Waals surface area contributed by atoms with E-state index in [1.54, 1.807) is 12.1 Å². The Kier molecular flexibility index (Phi) is 4.32. The van der Waals surface area contributed by atoms with Crippen LogP contribution in [0.2, 0.25) is 0 Å². The summed E-state index contributed by atoms with van der Waals surface area (Å²) in [6.07, 6.45) is 0.867. The van der Waals surface area contributed by atoms with Gasteiger partial charge in [0.1, 0.15) is 11.9 Å². The van der Waals surface area contributed by atoms with Crippen LogP contribution < -0.4 is 5.32 Å². The van der Waals surface area contributed by atoms with Gasteiger partial charge in [-0.3, -0.25) is 0 Å². The van der Waals surface area contributed by atoms with Crippen molar-refractivity contribution >= 4 is 0 Å². The van der Waals surface area contributed by atoms with Crippen LogP contribution in [0.5, 0.6) is 0 Å². The second-order valence-electron chi connectivity index (χ2n) is 5.33. The monoisotopic (exact) mass is 285 g/mol. The van der Waals surface area contributed by atoms with Crippen molar-refractivity contribution in [1.82, 2.24) is 5.32 Å². The molecule has 0 bridgehead atoms. The van der Waals surface area contributed by atoms with E-state index in [4.69, 9.17) is 4.74 Å². The summed E-state index contributed by atoms with van der Waals surface area (Å²) in [7, 11) is 0. The lowest BCUT2D eigenvalue weighted by Gasteiger charge is -2.33. The minimum absolute atomic E-state index is 0.0350. The summed E-state index contributed by atoms with van der Waals surface area (Å²) < 4.78 is 19.6. The van der Waals surface area contributed by atoms with Gasteiger partial charge in [-0.2, -0.15) is 0 Å². The number of halogens is 1. The van der Waals surface area contributed by atoms with Gasteiger partial charge in [0.05, 0.1) is 12.6 Å². The molecule has 1 heterocycles. The van der Waals surface area contributed by atoms with Crippen molar-refractivity contribution in [2.24, 2.45) is 0 Å². The Morgan fingerprint density at radius 2 is 2.10 bits per heavy atom. The lowest BCUT2D eigenvalue weighted by Crippen LogP contribution is -2.31. The fraction of sp³-hybridized carbons (Fsp3) is 0.333. The zero-order valence-corrected chi connectivity index (χ0v) is 12.2. The highest BCUT2D eigenvalue weighted by atomic mass is 19.1. The van der Waals surface area contributed by atoms with E-state index >= 15 is 0 Å². The zero-order valence-electron chi connectivity index (χ0n) is 12.2. The van der Waals surface area contributed by atoms with Gasteiger partial charge in [0.15, 0.2) is 0 Å². The predicted molar refractivity (Wildman–Crippen MR) is 81.7 cm³/mol. The second kappa shape index (κ2) is 6.37. The highest BCUT2D eigenvalue weighted by molar-refractivity contribution is 5.34. The first-order valence-corrected chi connectivity index (χ1v) is 7.48. The number of ether oxygens (including phenoxy) is 1. The van der Waals surface area contributed by atoms with Gasteiger partial charge >= 0.3 is 0 Å². The van der Waals surface area contributed by atoms with Crippen LogP contribution in [0.3, 0.4) is 0 Å². The molecule has 2 unspecified atom stereocenters. The predicted octanol–water partition coefficient (Wildman–Crippen LogP) is 3.79. The van der Waals surface area contributed by atoms with E-state index in [1.807, 2.05) is 12.1 Å². The minimum Gasteiger partial charge on any atom is -0.371 e. The lowest BCUT2D eigenvalue weighted by atomic mass is 9.90. The van der Waals surface area contributed by atoms with Crippen molar-refractivity contribution in [3.63, 3.8) is 0 Å². The maximum atomic E-state index is 13.6. The molecule has 0 saturated carbocycles. The third-order valence-electron chi connectivity index (χ3n) is 3.97. The van der Waals surface area contributed by atoms with Crippen LogP contribution in [0.25, 0.3) is 0 Å². The van der Waals surface area contributed by atoms with E-state index in [0.717, 1.165) is 18.5 Å². The van der Waals surface area contributed by atoms with Crippen LogP contribution in [-0.2, 0) is 11.2 Å². The lowest BCUT2D eigenvalue weighted by molar-refractivity contribution is 0.0150. The van der Waals surface area contributed by atoms with Gasteiger partial charge in [-0.25, -0.2) is 4.39 Å². The molecule has 2 aromatic carbocycles. The molecule has 1 aliphatic heterocycles. The number of rotatable bonds is 4. The Morgan fingerprint density at radius 3 is 2.90 bits per heavy atom. The average molecular weight is 285 g/mol. The summed E-state index contributed by atoms with van der Waals surface area (Å²) in [6.45, 7) is 3.57. The number of hydrogen-bond acceptors (Lipinski definition) is 2. The number of fused-ring (bicyclic) bond motifs is 1. The molecular formula is C18H20FNO. The molecule has 0 radical (unpaired) electrons. The zero-order chi connectivity index (χ0) is 14.7. The van der Waals surface area contributed by atoms with E-state index in [2.05, 4.69) is 30.4 Å². The summed E-state index contributed by atoms with van der Waals surface area (Å²) >= 11 is 0. The van der Waals surface area contributed by atoms with Gasteiger partial charge in [-0.05, 0) is 41.8 Å². The van der Waals surface area contributed by atoms with E-state index in [9.17, 15) is 4.39 Å². The van der Waals surface area contributed by atoms with E-state index in [0.29, 0.717) is 6.61 Å². The van der Waals surface area contributed by atoms with Crippen LogP contribution in [-0.4, -0.2) is 13.2 Å².